The number of carboxylic acid groups (broad SMARTS) is 3. The lowest BCUT2D eigenvalue weighted by Crippen LogP contribution is -2.35. The molecule has 0 aliphatic rings. The number of anilines is 2. The molecule has 0 fully saturated rings. The summed E-state index contributed by atoms with van der Waals surface area (Å²) in [5.41, 5.74) is 13.1. The molecule has 0 aliphatic carbocycles. The molecule has 1 heterocycles. The minimum atomic E-state index is -5.08. The fourth-order valence-corrected chi connectivity index (χ4v) is 3.64. The number of rotatable bonds is 11. The van der Waals surface area contributed by atoms with Crippen molar-refractivity contribution in [3.63, 3.8) is 0 Å². The van der Waals surface area contributed by atoms with Crippen LogP contribution in [0.15, 0.2) is 53.5 Å². The number of amidine groups is 1. The second-order valence-electron chi connectivity index (χ2n) is 10.1. The zero-order valence-corrected chi connectivity index (χ0v) is 27.6. The molecule has 2 amide bonds. The summed E-state index contributed by atoms with van der Waals surface area (Å²) in [5.74, 6) is -5.11. The average Bonchev–Trinajstić information content (AvgIpc) is 3.04. The van der Waals surface area contributed by atoms with Crippen LogP contribution in [0.2, 0.25) is 0 Å². The standard InChI is InChI=1S/C26H30N8O5.C2HF3O2.CHF3.CH2O2/c1-14(2)33-24-26(39)34(13-21(35)30-10-15-3-5-16(6-4-15)23(28)29)20(11-31-24)17-7-18(9-19(27)8-17)25(38)32-12-22(36)37;3-2(4,5)1(6)7;2-1(3)4;2-1-3/h3-9,11,14H,10,12-13,27H2,1-2H3,(H3,28,29)(H,30,35)(H,31,33)(H,32,38)(H,36,37);(H,6,7);1H;1H,(H,2,3). The van der Waals surface area contributed by atoms with Gasteiger partial charge in [0.05, 0.1) is 11.9 Å². The monoisotopic (exact) mass is 764 g/mol. The summed E-state index contributed by atoms with van der Waals surface area (Å²) in [6.45, 7) is -1.00. The number of nitrogens with two attached hydrogens (primary N) is 2. The van der Waals surface area contributed by atoms with Crippen LogP contribution in [0.5, 0.6) is 0 Å². The molecule has 2 aromatic carbocycles. The van der Waals surface area contributed by atoms with Gasteiger partial charge in [-0.15, -0.1) is 0 Å². The van der Waals surface area contributed by atoms with E-state index in [1.807, 2.05) is 13.8 Å². The molecule has 17 nitrogen and oxygen atoms in total. The lowest BCUT2D eigenvalue weighted by Gasteiger charge is -2.17. The number of amides is 2. The molecule has 0 aliphatic heterocycles. The van der Waals surface area contributed by atoms with Crippen molar-refractivity contribution in [2.75, 3.05) is 17.6 Å². The number of aromatic nitrogens is 2. The van der Waals surface area contributed by atoms with Gasteiger partial charge in [0, 0.05) is 35.0 Å². The molecular weight excluding hydrogens is 730 g/mol. The van der Waals surface area contributed by atoms with E-state index in [0.717, 1.165) is 5.56 Å². The number of halogens is 6. The zero-order chi connectivity index (χ0) is 41.1. The first-order chi connectivity index (χ1) is 24.5. The third-order valence-corrected chi connectivity index (χ3v) is 5.69. The Labute approximate surface area is 295 Å². The molecule has 290 valence electrons. The van der Waals surface area contributed by atoms with E-state index < -0.39 is 48.7 Å². The number of nitrogens with zero attached hydrogens (tertiary/aromatic N) is 2. The minimum Gasteiger partial charge on any atom is -0.483 e. The Morgan fingerprint density at radius 1 is 1.00 bits per heavy atom. The number of carbonyl (C=O) groups excluding carboxylic acids is 2. The summed E-state index contributed by atoms with van der Waals surface area (Å²) in [6.07, 6.45) is -3.69. The van der Waals surface area contributed by atoms with E-state index in [4.69, 9.17) is 41.8 Å². The lowest BCUT2D eigenvalue weighted by molar-refractivity contribution is -0.192. The topological polar surface area (TPSA) is 293 Å². The normalized spacial score (nSPS) is 10.2. The van der Waals surface area contributed by atoms with Crippen LogP contribution >= 0.6 is 0 Å². The molecule has 0 radical (unpaired) electrons. The van der Waals surface area contributed by atoms with E-state index in [1.165, 1.54) is 29.0 Å². The van der Waals surface area contributed by atoms with Crippen molar-refractivity contribution in [3.05, 3.63) is 75.7 Å². The minimum absolute atomic E-state index is 0.0460. The molecule has 53 heavy (non-hydrogen) atoms. The Hall–Kier alpha value is -6.68. The first-order valence-corrected chi connectivity index (χ1v) is 14.3. The van der Waals surface area contributed by atoms with Gasteiger partial charge in [0.2, 0.25) is 5.91 Å². The average molecular weight is 765 g/mol. The van der Waals surface area contributed by atoms with Crippen molar-refractivity contribution in [2.45, 2.75) is 45.8 Å². The second-order valence-corrected chi connectivity index (χ2v) is 10.1. The smallest absolute Gasteiger partial charge is 0.483 e. The number of aliphatic carboxylic acids is 2. The summed E-state index contributed by atoms with van der Waals surface area (Å²) in [6, 6.07) is 11.0. The number of benzene rings is 2. The highest BCUT2D eigenvalue weighted by molar-refractivity contribution is 5.98. The van der Waals surface area contributed by atoms with E-state index in [9.17, 15) is 45.5 Å². The highest BCUT2D eigenvalue weighted by Crippen LogP contribution is 2.23. The van der Waals surface area contributed by atoms with E-state index in [0.29, 0.717) is 11.1 Å². The van der Waals surface area contributed by atoms with E-state index in [-0.39, 0.29) is 54.2 Å². The predicted molar refractivity (Wildman–Crippen MR) is 176 cm³/mol. The highest BCUT2D eigenvalue weighted by atomic mass is 19.4. The van der Waals surface area contributed by atoms with Gasteiger partial charge in [-0.2, -0.15) is 26.3 Å². The zero-order valence-electron chi connectivity index (χ0n) is 27.6. The fraction of sp³-hybridized carbons (Fsp3) is 0.267. The lowest BCUT2D eigenvalue weighted by atomic mass is 10.1. The molecule has 0 spiro atoms. The summed E-state index contributed by atoms with van der Waals surface area (Å²) in [5, 5.41) is 38.3. The van der Waals surface area contributed by atoms with Gasteiger partial charge in [-0.1, -0.05) is 24.3 Å². The van der Waals surface area contributed by atoms with Crippen molar-refractivity contribution in [3.8, 4) is 11.3 Å². The van der Waals surface area contributed by atoms with Crippen LogP contribution in [-0.2, 0) is 32.3 Å². The third kappa shape index (κ3) is 18.2. The predicted octanol–water partition coefficient (Wildman–Crippen LogP) is 2.24. The molecule has 11 N–H and O–H groups in total. The number of carboxylic acids is 2. The second kappa shape index (κ2) is 22.2. The van der Waals surface area contributed by atoms with Gasteiger partial charge in [0.1, 0.15) is 18.9 Å². The van der Waals surface area contributed by atoms with Crippen LogP contribution in [0.1, 0.15) is 35.3 Å². The van der Waals surface area contributed by atoms with E-state index >= 15 is 0 Å². The quantitative estimate of drug-likeness (QED) is 0.0446. The molecule has 23 heteroatoms. The van der Waals surface area contributed by atoms with Crippen LogP contribution in [0.3, 0.4) is 0 Å². The van der Waals surface area contributed by atoms with E-state index in [1.54, 1.807) is 24.3 Å². The maximum absolute atomic E-state index is 13.3. The van der Waals surface area contributed by atoms with Gasteiger partial charge in [0.25, 0.3) is 17.9 Å². The van der Waals surface area contributed by atoms with Gasteiger partial charge in [-0.3, -0.25) is 33.9 Å². The molecule has 0 saturated heterocycles. The van der Waals surface area contributed by atoms with Crippen LogP contribution in [0.4, 0.5) is 37.8 Å². The highest BCUT2D eigenvalue weighted by Gasteiger charge is 2.38. The largest absolute Gasteiger partial charge is 0.490 e. The maximum Gasteiger partial charge on any atom is 0.490 e. The Morgan fingerprint density at radius 3 is 1.98 bits per heavy atom. The molecule has 0 atom stereocenters. The van der Waals surface area contributed by atoms with Gasteiger partial charge < -0.3 is 42.7 Å². The third-order valence-electron chi connectivity index (χ3n) is 5.69. The SMILES string of the molecule is CC(C)Nc1ncc(-c2cc(N)cc(C(=O)NCC(=O)O)c2)n(CC(=O)NCc2ccc(C(=N)N)cc2)c1=O.FC(F)F.O=C(O)C(F)(F)F.O=CO. The maximum atomic E-state index is 13.3. The van der Waals surface area contributed by atoms with E-state index in [2.05, 4.69) is 20.9 Å². The Morgan fingerprint density at radius 2 is 1.53 bits per heavy atom. The Kier molecular flexibility index (Phi) is 19.4. The van der Waals surface area contributed by atoms with Crippen LogP contribution in [0, 0.1) is 5.41 Å². The van der Waals surface area contributed by atoms with Gasteiger partial charge in [0.15, 0.2) is 5.82 Å². The van der Waals surface area contributed by atoms with Crippen molar-refractivity contribution >= 4 is 47.6 Å². The first kappa shape index (κ1) is 46.3. The van der Waals surface area contributed by atoms with Gasteiger partial charge >= 0.3 is 24.8 Å². The van der Waals surface area contributed by atoms with Crippen molar-refractivity contribution in [2.24, 2.45) is 5.73 Å². The number of nitrogens with one attached hydrogen (secondary N) is 4. The first-order valence-electron chi connectivity index (χ1n) is 14.3. The molecule has 3 rings (SSSR count). The number of hydrogen-bond donors (Lipinski definition) is 9. The van der Waals surface area contributed by atoms with Crippen molar-refractivity contribution < 1.29 is 65.6 Å². The number of hydrogen-bond acceptors (Lipinski definition) is 10. The van der Waals surface area contributed by atoms with Crippen LogP contribution < -0.4 is 33.0 Å². The van der Waals surface area contributed by atoms with Crippen molar-refractivity contribution in [1.29, 1.82) is 5.41 Å². The van der Waals surface area contributed by atoms with Gasteiger partial charge in [-0.25, -0.2) is 9.78 Å². The number of alkyl halides is 6. The number of nitrogen functional groups attached to an aromatic ring is 2. The summed E-state index contributed by atoms with van der Waals surface area (Å²) >= 11 is 0. The fourth-order valence-electron chi connectivity index (χ4n) is 3.64. The Bertz CT molecular complexity index is 1780. The molecule has 0 unspecified atom stereocenters. The van der Waals surface area contributed by atoms with Crippen molar-refractivity contribution in [1.82, 2.24) is 20.2 Å². The number of carbonyl (C=O) groups is 5. The van der Waals surface area contributed by atoms with Crippen LogP contribution in [0.25, 0.3) is 11.3 Å². The molecule has 0 bridgehead atoms. The summed E-state index contributed by atoms with van der Waals surface area (Å²) in [7, 11) is 0. The molecule has 1 aromatic heterocycles. The molecule has 0 saturated carbocycles. The van der Waals surface area contributed by atoms with Crippen LogP contribution in [-0.4, -0.2) is 86.4 Å². The van der Waals surface area contributed by atoms with Gasteiger partial charge in [-0.05, 0) is 37.6 Å². The summed E-state index contributed by atoms with van der Waals surface area (Å²) < 4.78 is 62.0. The molecular formula is C30H34F6N8O9. The molecule has 3 aromatic rings. The Balaban J connectivity index is 0.00000164. The summed E-state index contributed by atoms with van der Waals surface area (Å²) in [4.78, 5) is 71.0.